The van der Waals surface area contributed by atoms with E-state index in [0.29, 0.717) is 17.8 Å². The maximum Gasteiger partial charge on any atom is 0.337 e. The van der Waals surface area contributed by atoms with Gasteiger partial charge in [0.1, 0.15) is 17.5 Å². The van der Waals surface area contributed by atoms with Gasteiger partial charge in [0, 0.05) is 12.8 Å². The Bertz CT molecular complexity index is 336. The van der Waals surface area contributed by atoms with Crippen molar-refractivity contribution in [2.45, 2.75) is 71.7 Å². The fourth-order valence-corrected chi connectivity index (χ4v) is 1.90. The van der Waals surface area contributed by atoms with Gasteiger partial charge in [0.15, 0.2) is 0 Å². The molecule has 18 heavy (non-hydrogen) atoms. The van der Waals surface area contributed by atoms with Crippen molar-refractivity contribution in [2.24, 2.45) is 0 Å². The topological polar surface area (TPSA) is 55.8 Å². The summed E-state index contributed by atoms with van der Waals surface area (Å²) in [5.74, 6) is 0.380. The van der Waals surface area contributed by atoms with Crippen molar-refractivity contribution in [1.29, 1.82) is 0 Å². The Morgan fingerprint density at radius 2 is 2.17 bits per heavy atom. The molecule has 0 aromatic carbocycles. The standard InChI is InChI=1S/C14H24O4/c1-9(15)8-11-6-7-12(17-11)10(2)13(16)18-14(3,4)5/h9,11,15H,6-8H2,1-5H3/b12-10+/t9-,11+/m1/s1. The van der Waals surface area contributed by atoms with Crippen LogP contribution in [-0.2, 0) is 14.3 Å². The van der Waals surface area contributed by atoms with Gasteiger partial charge in [0.05, 0.1) is 11.7 Å². The second-order valence-electron chi connectivity index (χ2n) is 5.91. The lowest BCUT2D eigenvalue weighted by molar-refractivity contribution is -0.150. The smallest absolute Gasteiger partial charge is 0.337 e. The minimum Gasteiger partial charge on any atom is -0.494 e. The first-order valence-corrected chi connectivity index (χ1v) is 6.47. The minimum atomic E-state index is -0.490. The molecule has 0 amide bonds. The highest BCUT2D eigenvalue weighted by Crippen LogP contribution is 2.29. The summed E-state index contributed by atoms with van der Waals surface area (Å²) in [6.07, 6.45) is 1.82. The van der Waals surface area contributed by atoms with Gasteiger partial charge in [-0.05, 0) is 41.0 Å². The zero-order valence-electron chi connectivity index (χ0n) is 11.9. The van der Waals surface area contributed by atoms with E-state index in [1.807, 2.05) is 20.8 Å². The van der Waals surface area contributed by atoms with Gasteiger partial charge in [-0.15, -0.1) is 0 Å². The normalized spacial score (nSPS) is 24.4. The van der Waals surface area contributed by atoms with Crippen molar-refractivity contribution in [3.63, 3.8) is 0 Å². The Morgan fingerprint density at radius 1 is 1.56 bits per heavy atom. The van der Waals surface area contributed by atoms with E-state index >= 15 is 0 Å². The van der Waals surface area contributed by atoms with E-state index in [-0.39, 0.29) is 18.2 Å². The number of hydrogen-bond donors (Lipinski definition) is 1. The molecule has 1 saturated heterocycles. The Balaban J connectivity index is 2.62. The Labute approximate surface area is 109 Å². The van der Waals surface area contributed by atoms with Crippen molar-refractivity contribution in [1.82, 2.24) is 0 Å². The summed E-state index contributed by atoms with van der Waals surface area (Å²) in [4.78, 5) is 11.9. The lowest BCUT2D eigenvalue weighted by Gasteiger charge is -2.20. The second-order valence-corrected chi connectivity index (χ2v) is 5.91. The van der Waals surface area contributed by atoms with Gasteiger partial charge in [-0.1, -0.05) is 0 Å². The van der Waals surface area contributed by atoms with Crippen LogP contribution in [0.2, 0.25) is 0 Å². The van der Waals surface area contributed by atoms with Crippen LogP contribution in [-0.4, -0.2) is 28.9 Å². The molecule has 0 unspecified atom stereocenters. The Kier molecular flexibility index (Phi) is 4.79. The average Bonchev–Trinajstić information content (AvgIpc) is 2.61. The molecule has 0 aromatic heterocycles. The van der Waals surface area contributed by atoms with Crippen molar-refractivity contribution in [3.8, 4) is 0 Å². The van der Waals surface area contributed by atoms with Crippen molar-refractivity contribution < 1.29 is 19.4 Å². The fourth-order valence-electron chi connectivity index (χ4n) is 1.90. The van der Waals surface area contributed by atoms with E-state index in [0.717, 1.165) is 12.8 Å². The summed E-state index contributed by atoms with van der Waals surface area (Å²) in [6.45, 7) is 9.00. The summed E-state index contributed by atoms with van der Waals surface area (Å²) >= 11 is 0. The number of esters is 1. The van der Waals surface area contributed by atoms with Crippen LogP contribution in [0, 0.1) is 0 Å². The molecule has 4 heteroatoms. The molecule has 0 bridgehead atoms. The summed E-state index contributed by atoms with van der Waals surface area (Å²) in [5.41, 5.74) is 0.0503. The van der Waals surface area contributed by atoms with Crippen LogP contribution in [0.1, 0.15) is 53.9 Å². The summed E-state index contributed by atoms with van der Waals surface area (Å²) < 4.78 is 11.0. The first-order chi connectivity index (χ1) is 8.19. The van der Waals surface area contributed by atoms with E-state index in [1.54, 1.807) is 13.8 Å². The third kappa shape index (κ3) is 4.69. The first-order valence-electron chi connectivity index (χ1n) is 6.47. The monoisotopic (exact) mass is 256 g/mol. The fraction of sp³-hybridized carbons (Fsp3) is 0.786. The predicted octanol–water partition coefficient (Wildman–Crippen LogP) is 2.55. The molecule has 0 aliphatic carbocycles. The molecule has 0 spiro atoms. The zero-order valence-corrected chi connectivity index (χ0v) is 11.9. The zero-order chi connectivity index (χ0) is 13.9. The average molecular weight is 256 g/mol. The number of hydrogen-bond acceptors (Lipinski definition) is 4. The molecular formula is C14H24O4. The first kappa shape index (κ1) is 15.0. The largest absolute Gasteiger partial charge is 0.494 e. The number of carbonyl (C=O) groups excluding carboxylic acids is 1. The van der Waals surface area contributed by atoms with Crippen LogP contribution < -0.4 is 0 Å². The molecule has 1 fully saturated rings. The maximum absolute atomic E-state index is 11.9. The number of ether oxygens (including phenoxy) is 2. The van der Waals surface area contributed by atoms with Crippen LogP contribution in [0.5, 0.6) is 0 Å². The second kappa shape index (κ2) is 5.74. The van der Waals surface area contributed by atoms with Gasteiger partial charge in [-0.25, -0.2) is 4.79 Å². The lowest BCUT2D eigenvalue weighted by Crippen LogP contribution is -2.25. The Hall–Kier alpha value is -1.03. The van der Waals surface area contributed by atoms with E-state index in [2.05, 4.69) is 0 Å². The summed E-state index contributed by atoms with van der Waals surface area (Å²) in [6, 6.07) is 0. The Morgan fingerprint density at radius 3 is 2.67 bits per heavy atom. The highest BCUT2D eigenvalue weighted by Gasteiger charge is 2.27. The van der Waals surface area contributed by atoms with Crippen molar-refractivity contribution in [3.05, 3.63) is 11.3 Å². The molecule has 0 radical (unpaired) electrons. The molecule has 104 valence electrons. The third-order valence-electron chi connectivity index (χ3n) is 2.73. The van der Waals surface area contributed by atoms with Crippen LogP contribution in [0.15, 0.2) is 11.3 Å². The predicted molar refractivity (Wildman–Crippen MR) is 68.9 cm³/mol. The SMILES string of the molecule is C/C(C(=O)OC(C)(C)C)=C1/CC[C@@H](C[C@@H](C)O)O1. The van der Waals surface area contributed by atoms with E-state index < -0.39 is 5.60 Å². The summed E-state index contributed by atoms with van der Waals surface area (Å²) in [5, 5.41) is 9.31. The third-order valence-corrected chi connectivity index (χ3v) is 2.73. The van der Waals surface area contributed by atoms with Gasteiger partial charge in [-0.3, -0.25) is 0 Å². The van der Waals surface area contributed by atoms with E-state index in [4.69, 9.17) is 9.47 Å². The van der Waals surface area contributed by atoms with Gasteiger partial charge in [0.2, 0.25) is 0 Å². The van der Waals surface area contributed by atoms with Gasteiger partial charge in [-0.2, -0.15) is 0 Å². The maximum atomic E-state index is 11.9. The van der Waals surface area contributed by atoms with Gasteiger partial charge in [0.25, 0.3) is 0 Å². The van der Waals surface area contributed by atoms with Gasteiger partial charge >= 0.3 is 5.97 Å². The molecule has 1 aliphatic rings. The minimum absolute atomic E-state index is 0.0115. The van der Waals surface area contributed by atoms with E-state index in [9.17, 15) is 9.90 Å². The van der Waals surface area contributed by atoms with Crippen LogP contribution in [0.25, 0.3) is 0 Å². The molecule has 1 heterocycles. The molecule has 0 saturated carbocycles. The quantitative estimate of drug-likeness (QED) is 0.623. The molecule has 1 N–H and O–H groups in total. The van der Waals surface area contributed by atoms with Gasteiger partial charge < -0.3 is 14.6 Å². The molecular weight excluding hydrogens is 232 g/mol. The van der Waals surface area contributed by atoms with Crippen LogP contribution >= 0.6 is 0 Å². The number of allylic oxidation sites excluding steroid dienone is 1. The molecule has 4 nitrogen and oxygen atoms in total. The number of rotatable bonds is 3. The number of aliphatic hydroxyl groups is 1. The molecule has 2 atom stereocenters. The molecule has 0 aromatic rings. The summed E-state index contributed by atoms with van der Waals surface area (Å²) in [7, 11) is 0. The highest BCUT2D eigenvalue weighted by atomic mass is 16.6. The van der Waals surface area contributed by atoms with Crippen LogP contribution in [0.4, 0.5) is 0 Å². The number of carbonyl (C=O) groups is 1. The van der Waals surface area contributed by atoms with E-state index in [1.165, 1.54) is 0 Å². The molecule has 1 rings (SSSR count). The highest BCUT2D eigenvalue weighted by molar-refractivity contribution is 5.88. The van der Waals surface area contributed by atoms with Crippen molar-refractivity contribution >= 4 is 5.97 Å². The number of aliphatic hydroxyl groups excluding tert-OH is 1. The lowest BCUT2D eigenvalue weighted by atomic mass is 10.1. The molecule has 1 aliphatic heterocycles. The van der Waals surface area contributed by atoms with Crippen LogP contribution in [0.3, 0.4) is 0 Å². The van der Waals surface area contributed by atoms with Crippen molar-refractivity contribution in [2.75, 3.05) is 0 Å².